The number of carbonyl (C=O) groups is 1. The molecule has 0 bridgehead atoms. The van der Waals surface area contributed by atoms with Gasteiger partial charge in [0.2, 0.25) is 5.91 Å². The van der Waals surface area contributed by atoms with E-state index in [1.54, 1.807) is 17.5 Å². The fourth-order valence-corrected chi connectivity index (χ4v) is 5.06. The second kappa shape index (κ2) is 7.54. The first kappa shape index (κ1) is 17.4. The van der Waals surface area contributed by atoms with E-state index in [-0.39, 0.29) is 11.8 Å². The first-order valence-corrected chi connectivity index (χ1v) is 9.69. The van der Waals surface area contributed by atoms with E-state index in [2.05, 4.69) is 5.32 Å². The molecule has 1 aliphatic rings. The molecule has 2 rings (SSSR count). The lowest BCUT2D eigenvalue weighted by molar-refractivity contribution is -0.126. The number of carbonyl (C=O) groups excluding carboxylic acids is 1. The molecule has 0 spiro atoms. The van der Waals surface area contributed by atoms with Crippen molar-refractivity contribution in [2.24, 2.45) is 5.92 Å². The van der Waals surface area contributed by atoms with Crippen LogP contribution >= 0.6 is 11.3 Å². The number of hydrogen-bond acceptors (Lipinski definition) is 5. The fraction of sp³-hybridized carbons (Fsp3) is 0.643. The summed E-state index contributed by atoms with van der Waals surface area (Å²) in [5.74, 6) is -0.0491. The molecule has 8 heteroatoms. The van der Waals surface area contributed by atoms with Crippen molar-refractivity contribution in [2.45, 2.75) is 17.1 Å². The van der Waals surface area contributed by atoms with Crippen LogP contribution in [0.3, 0.4) is 0 Å². The van der Waals surface area contributed by atoms with Crippen LogP contribution in [0.15, 0.2) is 21.7 Å². The van der Waals surface area contributed by atoms with Crippen LogP contribution in [0, 0.1) is 5.92 Å². The zero-order valence-electron chi connectivity index (χ0n) is 13.0. The average Bonchev–Trinajstić information content (AvgIpc) is 3.02. The normalized spacial score (nSPS) is 17.8. The summed E-state index contributed by atoms with van der Waals surface area (Å²) in [5.41, 5.74) is 0. The van der Waals surface area contributed by atoms with E-state index in [4.69, 9.17) is 0 Å². The SMILES string of the molecule is CN(C)CCNC(=O)C1CCN(S(=O)(=O)c2cccs2)CC1. The third kappa shape index (κ3) is 4.28. The number of likely N-dealkylation sites (N-methyl/N-ethyl adjacent to an activating group) is 1. The van der Waals surface area contributed by atoms with E-state index in [0.717, 1.165) is 6.54 Å². The van der Waals surface area contributed by atoms with Crippen molar-refractivity contribution in [1.82, 2.24) is 14.5 Å². The number of amides is 1. The van der Waals surface area contributed by atoms with Crippen molar-refractivity contribution in [1.29, 1.82) is 0 Å². The molecule has 1 aromatic heterocycles. The predicted octanol–water partition coefficient (Wildman–Crippen LogP) is 0.827. The Morgan fingerprint density at radius 3 is 2.64 bits per heavy atom. The van der Waals surface area contributed by atoms with Gasteiger partial charge in [0, 0.05) is 32.1 Å². The van der Waals surface area contributed by atoms with E-state index >= 15 is 0 Å². The number of hydrogen-bond donors (Lipinski definition) is 1. The number of nitrogens with one attached hydrogen (secondary N) is 1. The van der Waals surface area contributed by atoms with E-state index in [1.807, 2.05) is 19.0 Å². The topological polar surface area (TPSA) is 69.7 Å². The zero-order valence-corrected chi connectivity index (χ0v) is 14.6. The van der Waals surface area contributed by atoms with Crippen molar-refractivity contribution in [3.63, 3.8) is 0 Å². The zero-order chi connectivity index (χ0) is 16.2. The van der Waals surface area contributed by atoms with Crippen LogP contribution in [0.5, 0.6) is 0 Å². The van der Waals surface area contributed by atoms with Gasteiger partial charge < -0.3 is 10.2 Å². The third-order valence-electron chi connectivity index (χ3n) is 3.77. The molecule has 0 radical (unpaired) electrons. The molecule has 22 heavy (non-hydrogen) atoms. The Morgan fingerprint density at radius 2 is 2.09 bits per heavy atom. The van der Waals surface area contributed by atoms with Crippen LogP contribution in [-0.4, -0.2) is 63.8 Å². The lowest BCUT2D eigenvalue weighted by Gasteiger charge is -2.30. The number of thiophene rings is 1. The van der Waals surface area contributed by atoms with Crippen molar-refractivity contribution < 1.29 is 13.2 Å². The molecule has 0 atom stereocenters. The molecule has 0 aromatic carbocycles. The molecule has 1 aromatic rings. The minimum atomic E-state index is -3.38. The van der Waals surface area contributed by atoms with Gasteiger partial charge in [-0.25, -0.2) is 8.42 Å². The fourth-order valence-electron chi connectivity index (χ4n) is 2.44. The summed E-state index contributed by atoms with van der Waals surface area (Å²) < 4.78 is 26.7. The standard InChI is InChI=1S/C14H23N3O3S2/c1-16(2)10-7-15-14(18)12-5-8-17(9-6-12)22(19,20)13-4-3-11-21-13/h3-4,11-12H,5-10H2,1-2H3,(H,15,18). The van der Waals surface area contributed by atoms with E-state index in [9.17, 15) is 13.2 Å². The molecule has 0 saturated carbocycles. The van der Waals surface area contributed by atoms with Crippen LogP contribution in [0.2, 0.25) is 0 Å². The molecule has 6 nitrogen and oxygen atoms in total. The summed E-state index contributed by atoms with van der Waals surface area (Å²) in [5, 5.41) is 4.68. The van der Waals surface area contributed by atoms with Gasteiger partial charge in [-0.05, 0) is 38.4 Å². The van der Waals surface area contributed by atoms with Crippen LogP contribution in [0.1, 0.15) is 12.8 Å². The summed E-state index contributed by atoms with van der Waals surface area (Å²) in [7, 11) is 0.534. The highest BCUT2D eigenvalue weighted by Crippen LogP contribution is 2.26. The smallest absolute Gasteiger partial charge is 0.252 e. The maximum atomic E-state index is 12.4. The third-order valence-corrected chi connectivity index (χ3v) is 7.04. The molecule has 1 N–H and O–H groups in total. The van der Waals surface area contributed by atoms with Gasteiger partial charge in [0.05, 0.1) is 0 Å². The van der Waals surface area contributed by atoms with Gasteiger partial charge in [0.1, 0.15) is 4.21 Å². The van der Waals surface area contributed by atoms with Crippen molar-refractivity contribution in [2.75, 3.05) is 40.3 Å². The Balaban J connectivity index is 1.84. The lowest BCUT2D eigenvalue weighted by Crippen LogP contribution is -2.43. The van der Waals surface area contributed by atoms with E-state index in [0.29, 0.717) is 36.7 Å². The quantitative estimate of drug-likeness (QED) is 0.829. The van der Waals surface area contributed by atoms with Crippen LogP contribution in [0.4, 0.5) is 0 Å². The average molecular weight is 345 g/mol. The van der Waals surface area contributed by atoms with Gasteiger partial charge in [0.25, 0.3) is 10.0 Å². The van der Waals surface area contributed by atoms with Gasteiger partial charge >= 0.3 is 0 Å². The van der Waals surface area contributed by atoms with Gasteiger partial charge in [-0.15, -0.1) is 11.3 Å². The highest BCUT2D eigenvalue weighted by atomic mass is 32.2. The van der Waals surface area contributed by atoms with E-state index < -0.39 is 10.0 Å². The van der Waals surface area contributed by atoms with Gasteiger partial charge in [-0.2, -0.15) is 4.31 Å². The predicted molar refractivity (Wildman–Crippen MR) is 87.4 cm³/mol. The molecule has 2 heterocycles. The maximum Gasteiger partial charge on any atom is 0.252 e. The molecule has 0 unspecified atom stereocenters. The van der Waals surface area contributed by atoms with Crippen LogP contribution < -0.4 is 5.32 Å². The molecular weight excluding hydrogens is 322 g/mol. The highest BCUT2D eigenvalue weighted by molar-refractivity contribution is 7.91. The second-order valence-electron chi connectivity index (χ2n) is 5.70. The second-order valence-corrected chi connectivity index (χ2v) is 8.82. The van der Waals surface area contributed by atoms with Gasteiger partial charge in [-0.3, -0.25) is 4.79 Å². The number of rotatable bonds is 6. The molecular formula is C14H23N3O3S2. The Bertz CT molecular complexity index is 576. The Morgan fingerprint density at radius 1 is 1.41 bits per heavy atom. The number of piperidine rings is 1. The van der Waals surface area contributed by atoms with Crippen LogP contribution in [-0.2, 0) is 14.8 Å². The number of nitrogens with zero attached hydrogens (tertiary/aromatic N) is 2. The van der Waals surface area contributed by atoms with E-state index in [1.165, 1.54) is 15.6 Å². The lowest BCUT2D eigenvalue weighted by atomic mass is 9.97. The summed E-state index contributed by atoms with van der Waals surface area (Å²) >= 11 is 1.23. The van der Waals surface area contributed by atoms with Crippen LogP contribution in [0.25, 0.3) is 0 Å². The van der Waals surface area contributed by atoms with Gasteiger partial charge in [-0.1, -0.05) is 6.07 Å². The molecule has 1 saturated heterocycles. The summed E-state index contributed by atoms with van der Waals surface area (Å²) in [6.45, 7) is 2.24. The molecule has 1 aliphatic heterocycles. The Labute approximate surface area is 136 Å². The highest BCUT2D eigenvalue weighted by Gasteiger charge is 2.32. The molecule has 0 aliphatic carbocycles. The summed E-state index contributed by atoms with van der Waals surface area (Å²) in [6, 6.07) is 3.36. The minimum Gasteiger partial charge on any atom is -0.355 e. The Kier molecular flexibility index (Phi) is 5.96. The monoisotopic (exact) mass is 345 g/mol. The Hall–Kier alpha value is -0.960. The number of sulfonamides is 1. The summed E-state index contributed by atoms with van der Waals surface area (Å²) in [4.78, 5) is 14.1. The maximum absolute atomic E-state index is 12.4. The minimum absolute atomic E-state index is 0.0371. The first-order chi connectivity index (χ1) is 10.4. The summed E-state index contributed by atoms with van der Waals surface area (Å²) in [6.07, 6.45) is 1.16. The molecule has 1 fully saturated rings. The van der Waals surface area contributed by atoms with Gasteiger partial charge in [0.15, 0.2) is 0 Å². The van der Waals surface area contributed by atoms with Crippen molar-refractivity contribution in [3.8, 4) is 0 Å². The van der Waals surface area contributed by atoms with Crippen molar-refractivity contribution in [3.05, 3.63) is 17.5 Å². The molecule has 1 amide bonds. The first-order valence-electron chi connectivity index (χ1n) is 7.37. The molecule has 124 valence electrons. The largest absolute Gasteiger partial charge is 0.355 e. The van der Waals surface area contributed by atoms with Crippen molar-refractivity contribution >= 4 is 27.3 Å².